The van der Waals surface area contributed by atoms with Crippen molar-refractivity contribution in [1.82, 2.24) is 25.1 Å². The first-order valence-corrected chi connectivity index (χ1v) is 9.93. The zero-order valence-electron chi connectivity index (χ0n) is 16.7. The monoisotopic (exact) mass is 498 g/mol. The van der Waals surface area contributed by atoms with Crippen molar-refractivity contribution < 1.29 is 4.79 Å². The Balaban J connectivity index is 0.00000280. The Bertz CT molecular complexity index is 790. The van der Waals surface area contributed by atoms with Crippen molar-refractivity contribution in [2.24, 2.45) is 4.99 Å². The van der Waals surface area contributed by atoms with E-state index < -0.39 is 0 Å². The van der Waals surface area contributed by atoms with Crippen LogP contribution in [0, 0.1) is 0 Å². The van der Waals surface area contributed by atoms with Crippen LogP contribution >= 0.6 is 24.0 Å². The Morgan fingerprint density at radius 1 is 1.32 bits per heavy atom. The second kappa shape index (κ2) is 11.2. The molecule has 3 rings (SSSR count). The summed E-state index contributed by atoms with van der Waals surface area (Å²) in [4.78, 5) is 22.9. The lowest BCUT2D eigenvalue weighted by Crippen LogP contribution is -2.45. The maximum Gasteiger partial charge on any atom is 0.222 e. The van der Waals surface area contributed by atoms with E-state index in [4.69, 9.17) is 4.99 Å². The number of rotatable bonds is 7. The van der Waals surface area contributed by atoms with Gasteiger partial charge in [-0.05, 0) is 31.9 Å². The molecular formula is C20H31IN6O. The Morgan fingerprint density at radius 2 is 2.14 bits per heavy atom. The van der Waals surface area contributed by atoms with E-state index in [0.29, 0.717) is 6.42 Å². The molecule has 1 aromatic heterocycles. The van der Waals surface area contributed by atoms with Crippen molar-refractivity contribution in [1.29, 1.82) is 0 Å². The fraction of sp³-hybridized carbons (Fsp3) is 0.550. The van der Waals surface area contributed by atoms with E-state index in [0.717, 1.165) is 62.6 Å². The maximum atomic E-state index is 11.8. The first kappa shape index (κ1) is 22.4. The third-order valence-corrected chi connectivity index (χ3v) is 4.88. The number of imidazole rings is 1. The van der Waals surface area contributed by atoms with Crippen LogP contribution in [0.1, 0.15) is 33.1 Å². The number of carbonyl (C=O) groups excluding carboxylic acids is 1. The molecule has 1 aromatic carbocycles. The van der Waals surface area contributed by atoms with Crippen molar-refractivity contribution in [2.75, 3.05) is 26.2 Å². The molecule has 2 heterocycles. The number of aryl methyl sites for hydroxylation is 1. The first-order valence-electron chi connectivity index (χ1n) is 9.93. The van der Waals surface area contributed by atoms with E-state index in [1.807, 2.05) is 36.4 Å². The third kappa shape index (κ3) is 5.83. The van der Waals surface area contributed by atoms with Crippen LogP contribution in [-0.4, -0.2) is 58.5 Å². The van der Waals surface area contributed by atoms with E-state index in [1.165, 1.54) is 0 Å². The Morgan fingerprint density at radius 3 is 2.93 bits per heavy atom. The summed E-state index contributed by atoms with van der Waals surface area (Å²) in [5.41, 5.74) is 2.20. The summed E-state index contributed by atoms with van der Waals surface area (Å²) < 4.78 is 2.18. The molecule has 28 heavy (non-hydrogen) atoms. The molecule has 1 fully saturated rings. The molecule has 2 aromatic rings. The molecule has 1 saturated heterocycles. The quantitative estimate of drug-likeness (QED) is 0.267. The van der Waals surface area contributed by atoms with E-state index in [9.17, 15) is 4.79 Å². The van der Waals surface area contributed by atoms with Crippen LogP contribution in [0.15, 0.2) is 35.6 Å². The van der Waals surface area contributed by atoms with Gasteiger partial charge in [0.2, 0.25) is 5.91 Å². The Hall–Kier alpha value is -1.84. The number of nitrogens with zero attached hydrogens (tertiary/aromatic N) is 4. The molecule has 2 N–H and O–H groups in total. The average molecular weight is 498 g/mol. The molecule has 154 valence electrons. The highest BCUT2D eigenvalue weighted by Gasteiger charge is 2.25. The molecule has 0 saturated carbocycles. The summed E-state index contributed by atoms with van der Waals surface area (Å²) in [6, 6.07) is 8.46. The number of hydrogen-bond donors (Lipinski definition) is 2. The van der Waals surface area contributed by atoms with Gasteiger partial charge in [0.05, 0.1) is 17.4 Å². The lowest BCUT2D eigenvalue weighted by atomic mass is 10.3. The van der Waals surface area contributed by atoms with E-state index >= 15 is 0 Å². The zero-order chi connectivity index (χ0) is 19.1. The van der Waals surface area contributed by atoms with Gasteiger partial charge in [0.1, 0.15) is 0 Å². The first-order chi connectivity index (χ1) is 13.2. The minimum atomic E-state index is 0. The molecular weight excluding hydrogens is 467 g/mol. The van der Waals surface area contributed by atoms with Crippen molar-refractivity contribution in [3.8, 4) is 0 Å². The second-order valence-electron chi connectivity index (χ2n) is 6.86. The lowest BCUT2D eigenvalue weighted by molar-refractivity contribution is -0.129. The summed E-state index contributed by atoms with van der Waals surface area (Å²) in [6.45, 7) is 8.03. The van der Waals surface area contributed by atoms with Crippen LogP contribution in [0.5, 0.6) is 0 Å². The topological polar surface area (TPSA) is 74.6 Å². The number of aliphatic imine (C=N–C) groups is 1. The number of halogens is 1. The predicted octanol–water partition coefficient (Wildman–Crippen LogP) is 2.61. The van der Waals surface area contributed by atoms with Gasteiger partial charge >= 0.3 is 0 Å². The molecule has 0 spiro atoms. The number of fused-ring (bicyclic) bond motifs is 1. The molecule has 7 nitrogen and oxygen atoms in total. The predicted molar refractivity (Wildman–Crippen MR) is 124 cm³/mol. The zero-order valence-corrected chi connectivity index (χ0v) is 19.1. The highest BCUT2D eigenvalue weighted by molar-refractivity contribution is 14.0. The summed E-state index contributed by atoms with van der Waals surface area (Å²) in [5.74, 6) is 1.07. The van der Waals surface area contributed by atoms with Crippen LogP contribution < -0.4 is 10.6 Å². The normalized spacial score (nSPS) is 16.9. The van der Waals surface area contributed by atoms with Gasteiger partial charge < -0.3 is 20.1 Å². The number of likely N-dealkylation sites (tertiary alicyclic amines) is 1. The van der Waals surface area contributed by atoms with Crippen LogP contribution in [0.2, 0.25) is 0 Å². The molecule has 1 aliphatic rings. The summed E-state index contributed by atoms with van der Waals surface area (Å²) >= 11 is 0. The highest BCUT2D eigenvalue weighted by Crippen LogP contribution is 2.12. The summed E-state index contributed by atoms with van der Waals surface area (Å²) in [7, 11) is 0. The number of aromatic nitrogens is 2. The van der Waals surface area contributed by atoms with Crippen LogP contribution in [0.4, 0.5) is 0 Å². The van der Waals surface area contributed by atoms with Crippen molar-refractivity contribution in [2.45, 2.75) is 45.7 Å². The summed E-state index contributed by atoms with van der Waals surface area (Å²) in [6.07, 6.45) is 4.39. The number of para-hydroxylation sites is 2. The number of hydrogen-bond acceptors (Lipinski definition) is 3. The minimum Gasteiger partial charge on any atom is -0.357 e. The van der Waals surface area contributed by atoms with E-state index in [1.54, 1.807) is 0 Å². The van der Waals surface area contributed by atoms with Crippen molar-refractivity contribution in [3.63, 3.8) is 0 Å². The number of nitrogens with one attached hydrogen (secondary N) is 2. The smallest absolute Gasteiger partial charge is 0.222 e. The Labute approximate surface area is 184 Å². The SMILES string of the molecule is CCNC(=NCCCn1cnc2ccccc21)NC1CCN(C(=O)CC)C1.I. The fourth-order valence-corrected chi connectivity index (χ4v) is 3.46. The van der Waals surface area contributed by atoms with E-state index in [2.05, 4.69) is 33.2 Å². The minimum absolute atomic E-state index is 0. The van der Waals surface area contributed by atoms with Crippen LogP contribution in [0.25, 0.3) is 11.0 Å². The lowest BCUT2D eigenvalue weighted by Gasteiger charge is -2.18. The Kier molecular flexibility index (Phi) is 9.01. The van der Waals surface area contributed by atoms with E-state index in [-0.39, 0.29) is 35.9 Å². The summed E-state index contributed by atoms with van der Waals surface area (Å²) in [5, 5.41) is 6.78. The van der Waals surface area contributed by atoms with Crippen LogP contribution in [-0.2, 0) is 11.3 Å². The van der Waals surface area contributed by atoms with Gasteiger partial charge in [0.25, 0.3) is 0 Å². The van der Waals surface area contributed by atoms with Gasteiger partial charge in [-0.2, -0.15) is 0 Å². The van der Waals surface area contributed by atoms with Gasteiger partial charge in [-0.25, -0.2) is 4.98 Å². The highest BCUT2D eigenvalue weighted by atomic mass is 127. The van der Waals surface area contributed by atoms with Gasteiger partial charge in [-0.15, -0.1) is 24.0 Å². The van der Waals surface area contributed by atoms with Crippen molar-refractivity contribution in [3.05, 3.63) is 30.6 Å². The van der Waals surface area contributed by atoms with Crippen molar-refractivity contribution >= 4 is 46.9 Å². The van der Waals surface area contributed by atoms with Gasteiger partial charge in [-0.3, -0.25) is 9.79 Å². The largest absolute Gasteiger partial charge is 0.357 e. The van der Waals surface area contributed by atoms with Gasteiger partial charge in [0.15, 0.2) is 5.96 Å². The van der Waals surface area contributed by atoms with Crippen LogP contribution in [0.3, 0.4) is 0 Å². The second-order valence-corrected chi connectivity index (χ2v) is 6.86. The maximum absolute atomic E-state index is 11.8. The third-order valence-electron chi connectivity index (χ3n) is 4.88. The molecule has 0 bridgehead atoms. The molecule has 1 aliphatic heterocycles. The number of benzene rings is 1. The number of guanidine groups is 1. The molecule has 8 heteroatoms. The number of carbonyl (C=O) groups is 1. The molecule has 1 atom stereocenters. The standard InChI is InChI=1S/C20H30N6O.HI/c1-3-19(27)25-13-10-16(14-25)24-20(21-4-2)22-11-7-12-26-15-23-17-8-5-6-9-18(17)26;/h5-6,8-9,15-16H,3-4,7,10-14H2,1-2H3,(H2,21,22,24);1H. The average Bonchev–Trinajstić information content (AvgIpc) is 3.32. The molecule has 1 amide bonds. The number of amides is 1. The molecule has 0 radical (unpaired) electrons. The fourth-order valence-electron chi connectivity index (χ4n) is 3.46. The van der Waals surface area contributed by atoms with Gasteiger partial charge in [-0.1, -0.05) is 19.1 Å². The molecule has 1 unspecified atom stereocenters. The van der Waals surface area contributed by atoms with Gasteiger partial charge in [0, 0.05) is 45.2 Å². The molecule has 0 aliphatic carbocycles.